The van der Waals surface area contributed by atoms with Crippen molar-refractivity contribution in [3.63, 3.8) is 0 Å². The largest absolute Gasteiger partial charge is 0.493 e. The second kappa shape index (κ2) is 5.04. The van der Waals surface area contributed by atoms with Crippen LogP contribution in [0.1, 0.15) is 24.3 Å². The number of allylic oxidation sites excluding steroid dienone is 2. The summed E-state index contributed by atoms with van der Waals surface area (Å²) in [4.78, 5) is 11.8. The van der Waals surface area contributed by atoms with E-state index in [1.165, 1.54) is 0 Å². The summed E-state index contributed by atoms with van der Waals surface area (Å²) in [6, 6.07) is 5.67. The molecule has 0 heterocycles. The molecule has 1 atom stereocenters. The topological polar surface area (TPSA) is 35.5 Å². The molecule has 1 aromatic carbocycles. The summed E-state index contributed by atoms with van der Waals surface area (Å²) in [7, 11) is 3.20. The van der Waals surface area contributed by atoms with Gasteiger partial charge in [0.1, 0.15) is 5.78 Å². The molecule has 0 amide bonds. The van der Waals surface area contributed by atoms with Crippen LogP contribution in [0.25, 0.3) is 0 Å². The Hall–Kier alpha value is -1.77. The highest BCUT2D eigenvalue weighted by atomic mass is 16.5. The Morgan fingerprint density at radius 3 is 2.53 bits per heavy atom. The average molecular weight is 232 g/mol. The van der Waals surface area contributed by atoms with Crippen molar-refractivity contribution in [2.75, 3.05) is 14.2 Å². The minimum atomic E-state index is -0.0418. The van der Waals surface area contributed by atoms with E-state index in [1.807, 2.05) is 24.3 Å². The standard InChI is InChI=1S/C14H16O3/c1-16-13-8-7-10(9-14(13)17-2)11-5-3-4-6-12(11)15/h3-4,7-9,11H,5-6H2,1-2H3. The highest BCUT2D eigenvalue weighted by molar-refractivity contribution is 5.88. The number of carbonyl (C=O) groups is 1. The van der Waals surface area contributed by atoms with Crippen molar-refractivity contribution in [2.24, 2.45) is 0 Å². The van der Waals surface area contributed by atoms with Crippen LogP contribution in [-0.4, -0.2) is 20.0 Å². The third-order valence-corrected chi connectivity index (χ3v) is 3.06. The molecule has 2 rings (SSSR count). The number of methoxy groups -OCH3 is 2. The molecular formula is C14H16O3. The molecule has 17 heavy (non-hydrogen) atoms. The van der Waals surface area contributed by atoms with Gasteiger partial charge < -0.3 is 9.47 Å². The zero-order chi connectivity index (χ0) is 12.3. The number of Topliss-reactive ketones (excluding diaryl/α,β-unsaturated/α-hetero) is 1. The maximum absolute atomic E-state index is 11.8. The highest BCUT2D eigenvalue weighted by Gasteiger charge is 2.22. The van der Waals surface area contributed by atoms with Gasteiger partial charge in [0.05, 0.1) is 14.2 Å². The molecule has 1 aromatic rings. The molecule has 0 fully saturated rings. The van der Waals surface area contributed by atoms with E-state index in [0.717, 1.165) is 12.0 Å². The van der Waals surface area contributed by atoms with Gasteiger partial charge in [-0.15, -0.1) is 0 Å². The van der Waals surface area contributed by atoms with Crippen LogP contribution in [0.15, 0.2) is 30.4 Å². The summed E-state index contributed by atoms with van der Waals surface area (Å²) in [6.07, 6.45) is 5.29. The van der Waals surface area contributed by atoms with Crippen LogP contribution in [0.3, 0.4) is 0 Å². The maximum Gasteiger partial charge on any atom is 0.161 e. The third kappa shape index (κ3) is 2.33. The van der Waals surface area contributed by atoms with Gasteiger partial charge in [0.25, 0.3) is 0 Å². The maximum atomic E-state index is 11.8. The third-order valence-electron chi connectivity index (χ3n) is 3.06. The van der Waals surface area contributed by atoms with Gasteiger partial charge in [-0.1, -0.05) is 18.2 Å². The molecule has 0 radical (unpaired) electrons. The van der Waals surface area contributed by atoms with Crippen molar-refractivity contribution in [3.8, 4) is 11.5 Å². The number of benzene rings is 1. The summed E-state index contributed by atoms with van der Waals surface area (Å²) in [6.45, 7) is 0. The van der Waals surface area contributed by atoms with Crippen LogP contribution >= 0.6 is 0 Å². The molecule has 0 aromatic heterocycles. The van der Waals surface area contributed by atoms with Gasteiger partial charge in [-0.2, -0.15) is 0 Å². The summed E-state index contributed by atoms with van der Waals surface area (Å²) >= 11 is 0. The first-order chi connectivity index (χ1) is 8.26. The van der Waals surface area contributed by atoms with E-state index in [9.17, 15) is 4.79 Å². The number of ether oxygens (including phenoxy) is 2. The summed E-state index contributed by atoms with van der Waals surface area (Å²) in [5.41, 5.74) is 0.997. The van der Waals surface area contributed by atoms with Gasteiger partial charge in [0.15, 0.2) is 11.5 Å². The van der Waals surface area contributed by atoms with Crippen molar-refractivity contribution < 1.29 is 14.3 Å². The van der Waals surface area contributed by atoms with Gasteiger partial charge in [0, 0.05) is 12.3 Å². The molecular weight excluding hydrogens is 216 g/mol. The predicted octanol–water partition coefficient (Wildman–Crippen LogP) is 2.71. The van der Waals surface area contributed by atoms with Crippen LogP contribution in [-0.2, 0) is 4.79 Å². The molecule has 1 unspecified atom stereocenters. The molecule has 0 aliphatic heterocycles. The van der Waals surface area contributed by atoms with E-state index in [0.29, 0.717) is 17.9 Å². The summed E-state index contributed by atoms with van der Waals surface area (Å²) in [5, 5.41) is 0. The smallest absolute Gasteiger partial charge is 0.161 e. The summed E-state index contributed by atoms with van der Waals surface area (Å²) < 4.78 is 10.4. The number of ketones is 1. The van der Waals surface area contributed by atoms with E-state index < -0.39 is 0 Å². The van der Waals surface area contributed by atoms with Gasteiger partial charge in [0.2, 0.25) is 0 Å². The van der Waals surface area contributed by atoms with Crippen molar-refractivity contribution in [3.05, 3.63) is 35.9 Å². The minimum absolute atomic E-state index is 0.0418. The molecule has 3 heteroatoms. The Bertz CT molecular complexity index is 449. The van der Waals surface area contributed by atoms with Gasteiger partial charge in [-0.25, -0.2) is 0 Å². The van der Waals surface area contributed by atoms with Crippen molar-refractivity contribution in [1.82, 2.24) is 0 Å². The Morgan fingerprint density at radius 2 is 1.88 bits per heavy atom. The molecule has 0 saturated carbocycles. The van der Waals surface area contributed by atoms with Crippen LogP contribution in [0.4, 0.5) is 0 Å². The number of rotatable bonds is 3. The molecule has 1 aliphatic rings. The predicted molar refractivity (Wildman–Crippen MR) is 65.7 cm³/mol. The van der Waals surface area contributed by atoms with E-state index >= 15 is 0 Å². The fraction of sp³-hybridized carbons (Fsp3) is 0.357. The lowest BCUT2D eigenvalue weighted by molar-refractivity contribution is -0.119. The Labute approximate surface area is 101 Å². The van der Waals surface area contributed by atoms with Gasteiger partial charge in [-0.3, -0.25) is 4.79 Å². The highest BCUT2D eigenvalue weighted by Crippen LogP contribution is 2.33. The Kier molecular flexibility index (Phi) is 3.47. The van der Waals surface area contributed by atoms with Crippen molar-refractivity contribution >= 4 is 5.78 Å². The van der Waals surface area contributed by atoms with Gasteiger partial charge >= 0.3 is 0 Å². The minimum Gasteiger partial charge on any atom is -0.493 e. The number of hydrogen-bond donors (Lipinski definition) is 0. The lowest BCUT2D eigenvalue weighted by Crippen LogP contribution is -2.14. The zero-order valence-electron chi connectivity index (χ0n) is 10.1. The fourth-order valence-corrected chi connectivity index (χ4v) is 2.10. The molecule has 0 saturated heterocycles. The molecule has 3 nitrogen and oxygen atoms in total. The first kappa shape index (κ1) is 11.7. The Morgan fingerprint density at radius 1 is 1.12 bits per heavy atom. The van der Waals surface area contributed by atoms with E-state index in [-0.39, 0.29) is 11.7 Å². The second-order valence-electron chi connectivity index (χ2n) is 4.04. The van der Waals surface area contributed by atoms with Gasteiger partial charge in [-0.05, 0) is 24.1 Å². The first-order valence-corrected chi connectivity index (χ1v) is 5.66. The quantitative estimate of drug-likeness (QED) is 0.752. The lowest BCUT2D eigenvalue weighted by Gasteiger charge is -2.18. The summed E-state index contributed by atoms with van der Waals surface area (Å²) in [5.74, 6) is 1.59. The molecule has 0 N–H and O–H groups in total. The van der Waals surface area contributed by atoms with Crippen LogP contribution < -0.4 is 9.47 Å². The SMILES string of the molecule is COc1ccc(C2CC=CCC2=O)cc1OC. The fourth-order valence-electron chi connectivity index (χ4n) is 2.10. The molecule has 0 spiro atoms. The van der Waals surface area contributed by atoms with E-state index in [2.05, 4.69) is 6.08 Å². The molecule has 0 bridgehead atoms. The van der Waals surface area contributed by atoms with Crippen molar-refractivity contribution in [2.45, 2.75) is 18.8 Å². The van der Waals surface area contributed by atoms with Crippen LogP contribution in [0.5, 0.6) is 11.5 Å². The van der Waals surface area contributed by atoms with E-state index in [1.54, 1.807) is 14.2 Å². The van der Waals surface area contributed by atoms with Crippen LogP contribution in [0.2, 0.25) is 0 Å². The number of carbonyl (C=O) groups excluding carboxylic acids is 1. The molecule has 90 valence electrons. The normalized spacial score (nSPS) is 19.2. The van der Waals surface area contributed by atoms with Crippen LogP contribution in [0, 0.1) is 0 Å². The molecule has 1 aliphatic carbocycles. The monoisotopic (exact) mass is 232 g/mol. The first-order valence-electron chi connectivity index (χ1n) is 5.66. The average Bonchev–Trinajstić information content (AvgIpc) is 2.38. The lowest BCUT2D eigenvalue weighted by atomic mass is 9.86. The van der Waals surface area contributed by atoms with Crippen molar-refractivity contribution in [1.29, 1.82) is 0 Å². The number of hydrogen-bond acceptors (Lipinski definition) is 3. The Balaban J connectivity index is 2.33. The zero-order valence-corrected chi connectivity index (χ0v) is 10.1. The van der Waals surface area contributed by atoms with E-state index in [4.69, 9.17) is 9.47 Å². The second-order valence-corrected chi connectivity index (χ2v) is 4.04.